The smallest absolute Gasteiger partial charge is 0.323 e. The molecule has 0 saturated carbocycles. The highest BCUT2D eigenvalue weighted by molar-refractivity contribution is 7.18. The van der Waals surface area contributed by atoms with Crippen molar-refractivity contribution in [1.29, 1.82) is 0 Å². The van der Waals surface area contributed by atoms with Crippen LogP contribution in [0, 0.1) is 0 Å². The topological polar surface area (TPSA) is 42.4 Å². The number of hydrogen-bond donors (Lipinski definition) is 0. The quantitative estimate of drug-likeness (QED) is 0.808. The molecular formula is C14H16N2O2S. The van der Waals surface area contributed by atoms with Crippen molar-refractivity contribution in [3.8, 4) is 0 Å². The highest BCUT2D eigenvalue weighted by Gasteiger charge is 2.34. The SMILES string of the molecule is C[C@H]1C[C@H](N(C)Cc2nc3ccccc3s2)C(=O)O1. The minimum absolute atomic E-state index is 0.0234. The summed E-state index contributed by atoms with van der Waals surface area (Å²) in [5.41, 5.74) is 1.03. The third kappa shape index (κ3) is 2.48. The summed E-state index contributed by atoms with van der Waals surface area (Å²) in [7, 11) is 1.95. The van der Waals surface area contributed by atoms with Gasteiger partial charge in [0.1, 0.15) is 17.2 Å². The van der Waals surface area contributed by atoms with Gasteiger partial charge in [-0.15, -0.1) is 11.3 Å². The number of hydrogen-bond acceptors (Lipinski definition) is 5. The van der Waals surface area contributed by atoms with Crippen LogP contribution in [0.1, 0.15) is 18.4 Å². The lowest BCUT2D eigenvalue weighted by Crippen LogP contribution is -2.34. The van der Waals surface area contributed by atoms with E-state index < -0.39 is 0 Å². The molecule has 1 aliphatic rings. The molecule has 1 aromatic carbocycles. The lowest BCUT2D eigenvalue weighted by Gasteiger charge is -2.19. The Hall–Kier alpha value is -1.46. The molecule has 5 heteroatoms. The first-order chi connectivity index (χ1) is 9.13. The number of likely N-dealkylation sites (N-methyl/N-ethyl adjacent to an activating group) is 1. The number of carbonyl (C=O) groups excluding carboxylic acids is 1. The molecule has 0 spiro atoms. The second-order valence-electron chi connectivity index (χ2n) is 4.99. The maximum absolute atomic E-state index is 11.7. The van der Waals surface area contributed by atoms with Gasteiger partial charge in [0.05, 0.1) is 16.8 Å². The first-order valence-electron chi connectivity index (χ1n) is 6.38. The minimum Gasteiger partial charge on any atom is -0.461 e. The van der Waals surface area contributed by atoms with Gasteiger partial charge < -0.3 is 4.74 Å². The average Bonchev–Trinajstić information content (AvgIpc) is 2.91. The lowest BCUT2D eigenvalue weighted by molar-refractivity contribution is -0.144. The maximum Gasteiger partial charge on any atom is 0.323 e. The van der Waals surface area contributed by atoms with Gasteiger partial charge in [-0.2, -0.15) is 0 Å². The van der Waals surface area contributed by atoms with Crippen LogP contribution in [0.15, 0.2) is 24.3 Å². The lowest BCUT2D eigenvalue weighted by atomic mass is 10.1. The number of thiazole rings is 1. The highest BCUT2D eigenvalue weighted by atomic mass is 32.1. The largest absolute Gasteiger partial charge is 0.461 e. The number of aromatic nitrogens is 1. The van der Waals surface area contributed by atoms with Gasteiger partial charge in [0.25, 0.3) is 0 Å². The fraction of sp³-hybridized carbons (Fsp3) is 0.429. The second kappa shape index (κ2) is 4.90. The molecule has 0 aliphatic carbocycles. The predicted molar refractivity (Wildman–Crippen MR) is 75.0 cm³/mol. The number of esters is 1. The first-order valence-corrected chi connectivity index (χ1v) is 7.20. The van der Waals surface area contributed by atoms with E-state index >= 15 is 0 Å². The number of ether oxygens (including phenoxy) is 1. The van der Waals surface area contributed by atoms with Gasteiger partial charge in [-0.3, -0.25) is 9.69 Å². The van der Waals surface area contributed by atoms with Crippen LogP contribution in [0.4, 0.5) is 0 Å². The van der Waals surface area contributed by atoms with Crippen LogP contribution in [0.25, 0.3) is 10.2 Å². The highest BCUT2D eigenvalue weighted by Crippen LogP contribution is 2.25. The van der Waals surface area contributed by atoms with Crippen LogP contribution in [0.2, 0.25) is 0 Å². The van der Waals surface area contributed by atoms with Crippen molar-refractivity contribution in [2.45, 2.75) is 32.0 Å². The van der Waals surface area contributed by atoms with E-state index in [1.54, 1.807) is 11.3 Å². The van der Waals surface area contributed by atoms with E-state index in [0.29, 0.717) is 6.54 Å². The number of fused-ring (bicyclic) bond motifs is 1. The Morgan fingerprint density at radius 1 is 1.47 bits per heavy atom. The van der Waals surface area contributed by atoms with Gasteiger partial charge in [-0.05, 0) is 26.1 Å². The average molecular weight is 276 g/mol. The normalized spacial score (nSPS) is 23.2. The third-order valence-corrected chi connectivity index (χ3v) is 4.42. The Bertz CT molecular complexity index is 577. The molecule has 2 atom stereocenters. The molecule has 3 rings (SSSR count). The monoisotopic (exact) mass is 276 g/mol. The van der Waals surface area contributed by atoms with E-state index in [9.17, 15) is 4.79 Å². The van der Waals surface area contributed by atoms with Crippen LogP contribution in [-0.4, -0.2) is 35.0 Å². The number of cyclic esters (lactones) is 1. The van der Waals surface area contributed by atoms with E-state index in [2.05, 4.69) is 11.1 Å². The van der Waals surface area contributed by atoms with Gasteiger partial charge in [0, 0.05) is 6.42 Å². The zero-order chi connectivity index (χ0) is 13.4. The summed E-state index contributed by atoms with van der Waals surface area (Å²) in [6.07, 6.45) is 0.788. The van der Waals surface area contributed by atoms with Gasteiger partial charge in [0.15, 0.2) is 0 Å². The maximum atomic E-state index is 11.7. The Balaban J connectivity index is 1.75. The van der Waals surface area contributed by atoms with Gasteiger partial charge in [0.2, 0.25) is 0 Å². The summed E-state index contributed by atoms with van der Waals surface area (Å²) in [6.45, 7) is 2.62. The van der Waals surface area contributed by atoms with Crippen LogP contribution in [-0.2, 0) is 16.1 Å². The summed E-state index contributed by atoms with van der Waals surface area (Å²) in [5.74, 6) is -0.115. The van der Waals surface area contributed by atoms with Crippen molar-refractivity contribution in [3.63, 3.8) is 0 Å². The number of benzene rings is 1. The molecule has 1 saturated heterocycles. The van der Waals surface area contributed by atoms with Gasteiger partial charge in [-0.25, -0.2) is 4.98 Å². The Morgan fingerprint density at radius 3 is 2.95 bits per heavy atom. The molecule has 0 bridgehead atoms. The van der Waals surface area contributed by atoms with E-state index in [0.717, 1.165) is 16.9 Å². The summed E-state index contributed by atoms with van der Waals surface area (Å²) >= 11 is 1.68. The zero-order valence-corrected chi connectivity index (χ0v) is 11.8. The molecule has 1 fully saturated rings. The Morgan fingerprint density at radius 2 is 2.26 bits per heavy atom. The van der Waals surface area contributed by atoms with E-state index in [1.165, 1.54) is 4.70 Å². The van der Waals surface area contributed by atoms with Crippen LogP contribution in [0.3, 0.4) is 0 Å². The van der Waals surface area contributed by atoms with Crippen molar-refractivity contribution in [2.75, 3.05) is 7.05 Å². The van der Waals surface area contributed by atoms with Crippen molar-refractivity contribution >= 4 is 27.5 Å². The number of carbonyl (C=O) groups is 1. The third-order valence-electron chi connectivity index (χ3n) is 3.40. The van der Waals surface area contributed by atoms with Crippen molar-refractivity contribution in [1.82, 2.24) is 9.88 Å². The van der Waals surface area contributed by atoms with Gasteiger partial charge in [-0.1, -0.05) is 12.1 Å². The fourth-order valence-corrected chi connectivity index (χ4v) is 3.44. The standard InChI is InChI=1S/C14H16N2O2S/c1-9-7-11(14(17)18-9)16(2)8-13-15-10-5-3-4-6-12(10)19-13/h3-6,9,11H,7-8H2,1-2H3/t9-,11-/m0/s1. The summed E-state index contributed by atoms with van der Waals surface area (Å²) in [5, 5.41) is 1.04. The predicted octanol–water partition coefficient (Wildman–Crippen LogP) is 2.43. The Kier molecular flexibility index (Phi) is 3.24. The molecular weight excluding hydrogens is 260 g/mol. The molecule has 19 heavy (non-hydrogen) atoms. The second-order valence-corrected chi connectivity index (χ2v) is 6.10. The molecule has 1 aliphatic heterocycles. The number of para-hydroxylation sites is 1. The van der Waals surface area contributed by atoms with Gasteiger partial charge >= 0.3 is 5.97 Å². The van der Waals surface area contributed by atoms with Crippen molar-refractivity contribution < 1.29 is 9.53 Å². The summed E-state index contributed by atoms with van der Waals surface area (Å²) in [6, 6.07) is 7.96. The molecule has 0 amide bonds. The molecule has 0 unspecified atom stereocenters. The number of rotatable bonds is 3. The molecule has 1 aromatic heterocycles. The fourth-order valence-electron chi connectivity index (χ4n) is 2.41. The summed E-state index contributed by atoms with van der Waals surface area (Å²) in [4.78, 5) is 18.3. The van der Waals surface area contributed by atoms with E-state index in [1.807, 2.05) is 37.1 Å². The first kappa shape index (κ1) is 12.6. The molecule has 4 nitrogen and oxygen atoms in total. The van der Waals surface area contributed by atoms with Crippen LogP contribution < -0.4 is 0 Å². The van der Waals surface area contributed by atoms with E-state index in [-0.39, 0.29) is 18.1 Å². The zero-order valence-electron chi connectivity index (χ0n) is 11.0. The van der Waals surface area contributed by atoms with Crippen LogP contribution in [0.5, 0.6) is 0 Å². The van der Waals surface area contributed by atoms with Crippen molar-refractivity contribution in [3.05, 3.63) is 29.3 Å². The molecule has 0 N–H and O–H groups in total. The Labute approximate surface area is 116 Å². The number of nitrogens with zero attached hydrogens (tertiary/aromatic N) is 2. The molecule has 0 radical (unpaired) electrons. The molecule has 2 heterocycles. The van der Waals surface area contributed by atoms with Crippen molar-refractivity contribution in [2.24, 2.45) is 0 Å². The minimum atomic E-state index is -0.137. The van der Waals surface area contributed by atoms with Crippen LogP contribution >= 0.6 is 11.3 Å². The molecule has 2 aromatic rings. The van der Waals surface area contributed by atoms with E-state index in [4.69, 9.17) is 4.74 Å². The summed E-state index contributed by atoms with van der Waals surface area (Å²) < 4.78 is 6.38. The molecule has 100 valence electrons.